The van der Waals surface area contributed by atoms with Crippen LogP contribution in [0.15, 0.2) is 247 Å². The Morgan fingerprint density at radius 2 is 0.892 bits per heavy atom. The largest absolute Gasteiger partial charge is 0.455 e. The third-order valence-electron chi connectivity index (χ3n) is 13.2. The van der Waals surface area contributed by atoms with E-state index < -0.39 is 0 Å². The maximum absolute atomic E-state index is 6.55. The van der Waals surface area contributed by atoms with Crippen LogP contribution in [0.4, 0.5) is 17.1 Å². The summed E-state index contributed by atoms with van der Waals surface area (Å²) in [5, 5.41) is 9.62. The molecule has 0 fully saturated rings. The highest BCUT2D eigenvalue weighted by molar-refractivity contribution is 6.15. The second kappa shape index (κ2) is 15.0. The van der Waals surface area contributed by atoms with Crippen molar-refractivity contribution in [3.8, 4) is 39.1 Å². The predicted molar refractivity (Wildman–Crippen MR) is 274 cm³/mol. The number of anilines is 3. The zero-order chi connectivity index (χ0) is 42.8. The van der Waals surface area contributed by atoms with Crippen LogP contribution in [0.5, 0.6) is 0 Å². The molecule has 0 bridgehead atoms. The van der Waals surface area contributed by atoms with Gasteiger partial charge in [-0.2, -0.15) is 0 Å². The lowest BCUT2D eigenvalue weighted by molar-refractivity contribution is 0.670. The van der Waals surface area contributed by atoms with Gasteiger partial charge in [-0.05, 0) is 99.1 Å². The summed E-state index contributed by atoms with van der Waals surface area (Å²) >= 11 is 0. The Morgan fingerprint density at radius 3 is 1.69 bits per heavy atom. The Balaban J connectivity index is 0.941. The molecule has 65 heavy (non-hydrogen) atoms. The van der Waals surface area contributed by atoms with Crippen LogP contribution < -0.4 is 4.90 Å². The van der Waals surface area contributed by atoms with E-state index in [0.29, 0.717) is 0 Å². The van der Waals surface area contributed by atoms with E-state index >= 15 is 0 Å². The van der Waals surface area contributed by atoms with Crippen molar-refractivity contribution in [3.63, 3.8) is 0 Å². The fraction of sp³-hybridized carbons (Fsp3) is 0. The van der Waals surface area contributed by atoms with Gasteiger partial charge >= 0.3 is 0 Å². The number of fused-ring (bicyclic) bond motifs is 9. The van der Waals surface area contributed by atoms with Crippen molar-refractivity contribution < 1.29 is 4.42 Å². The summed E-state index contributed by atoms with van der Waals surface area (Å²) in [6.07, 6.45) is 0. The predicted octanol–water partition coefficient (Wildman–Crippen LogP) is 17.5. The first-order valence-corrected chi connectivity index (χ1v) is 22.2. The average molecular weight is 829 g/mol. The van der Waals surface area contributed by atoms with E-state index in [-0.39, 0.29) is 0 Å². The molecule has 304 valence electrons. The van der Waals surface area contributed by atoms with Crippen LogP contribution >= 0.6 is 0 Å². The van der Waals surface area contributed by atoms with Crippen LogP contribution in [0.2, 0.25) is 0 Å². The van der Waals surface area contributed by atoms with Crippen molar-refractivity contribution in [2.75, 3.05) is 4.90 Å². The van der Waals surface area contributed by atoms with Crippen molar-refractivity contribution in [3.05, 3.63) is 243 Å². The minimum Gasteiger partial charge on any atom is -0.455 e. The monoisotopic (exact) mass is 828 g/mol. The number of furan rings is 1. The molecule has 0 unspecified atom stereocenters. The quantitative estimate of drug-likeness (QED) is 0.149. The van der Waals surface area contributed by atoms with Crippen molar-refractivity contribution in [2.45, 2.75) is 0 Å². The fourth-order valence-electron chi connectivity index (χ4n) is 10.2. The molecule has 0 aliphatic carbocycles. The second-order valence-corrected chi connectivity index (χ2v) is 16.8. The molecule has 0 saturated heterocycles. The zero-order valence-electron chi connectivity index (χ0n) is 35.4. The van der Waals surface area contributed by atoms with E-state index in [0.717, 1.165) is 66.9 Å². The number of para-hydroxylation sites is 5. The molecule has 0 spiro atoms. The second-order valence-electron chi connectivity index (χ2n) is 16.8. The smallest absolute Gasteiger partial charge is 0.143 e. The number of nitrogens with zero attached hydrogens (tertiary/aromatic N) is 2. The number of rotatable bonds is 7. The van der Waals surface area contributed by atoms with E-state index in [1.807, 2.05) is 12.1 Å². The number of hydrogen-bond acceptors (Lipinski definition) is 2. The lowest BCUT2D eigenvalue weighted by atomic mass is 9.96. The van der Waals surface area contributed by atoms with Gasteiger partial charge in [-0.1, -0.05) is 182 Å². The summed E-state index contributed by atoms with van der Waals surface area (Å²) in [6, 6.07) is 87.7. The molecule has 0 aliphatic rings. The molecule has 0 atom stereocenters. The highest BCUT2D eigenvalue weighted by Crippen LogP contribution is 2.45. The van der Waals surface area contributed by atoms with Gasteiger partial charge in [-0.3, -0.25) is 0 Å². The van der Waals surface area contributed by atoms with Crippen LogP contribution in [0.25, 0.3) is 104 Å². The number of benzene rings is 11. The highest BCUT2D eigenvalue weighted by atomic mass is 16.3. The lowest BCUT2D eigenvalue weighted by Gasteiger charge is -2.28. The molecule has 0 saturated carbocycles. The van der Waals surface area contributed by atoms with Gasteiger partial charge in [0.15, 0.2) is 0 Å². The SMILES string of the molecule is c1cc(-c2ccc(N(c3cccc(-c4cccc5c4oc4ccccc45)c3)c3cc4ccccc4c4ccccc34)cc2)cc(-c2ccccc2-n2c3ccccc3c3ccccc32)c1. The standard InChI is InChI=1S/C62H40N2O/c1-2-21-48-45(16-1)40-60(52-24-4-3-23-51(48)52)63(47-20-14-19-44(39-47)50-28-15-29-56-55-27-8-12-33-61(55)65-62(50)56)46-36-34-41(35-37-46)42-17-13-18-43(38-42)49-22-5-9-30-57(49)64-58-31-10-6-25-53(58)54-26-7-11-32-59(54)64/h1-40H. The molecule has 11 aromatic carbocycles. The molecule has 0 N–H and O–H groups in total. The number of aromatic nitrogens is 1. The van der Waals surface area contributed by atoms with E-state index in [4.69, 9.17) is 4.42 Å². The van der Waals surface area contributed by atoms with Crippen LogP contribution in [0.1, 0.15) is 0 Å². The first-order valence-electron chi connectivity index (χ1n) is 22.2. The molecular formula is C62H40N2O. The maximum Gasteiger partial charge on any atom is 0.143 e. The Morgan fingerprint density at radius 1 is 0.323 bits per heavy atom. The van der Waals surface area contributed by atoms with Gasteiger partial charge in [0.1, 0.15) is 11.2 Å². The molecular weight excluding hydrogens is 789 g/mol. The van der Waals surface area contributed by atoms with Gasteiger partial charge in [0.25, 0.3) is 0 Å². The van der Waals surface area contributed by atoms with Gasteiger partial charge in [0.2, 0.25) is 0 Å². The highest BCUT2D eigenvalue weighted by Gasteiger charge is 2.20. The maximum atomic E-state index is 6.55. The summed E-state index contributed by atoms with van der Waals surface area (Å²) in [4.78, 5) is 2.42. The molecule has 0 radical (unpaired) electrons. The summed E-state index contributed by atoms with van der Waals surface area (Å²) < 4.78 is 8.97. The van der Waals surface area contributed by atoms with E-state index in [9.17, 15) is 0 Å². The van der Waals surface area contributed by atoms with Crippen molar-refractivity contribution >= 4 is 82.4 Å². The summed E-state index contributed by atoms with van der Waals surface area (Å²) in [6.45, 7) is 0. The first kappa shape index (κ1) is 36.9. The van der Waals surface area contributed by atoms with E-state index in [1.54, 1.807) is 0 Å². The molecule has 0 amide bonds. The molecule has 0 aliphatic heterocycles. The van der Waals surface area contributed by atoms with Gasteiger partial charge in [-0.15, -0.1) is 0 Å². The van der Waals surface area contributed by atoms with Crippen molar-refractivity contribution in [2.24, 2.45) is 0 Å². The molecule has 3 nitrogen and oxygen atoms in total. The number of hydrogen-bond donors (Lipinski definition) is 0. The molecule has 3 heteroatoms. The van der Waals surface area contributed by atoms with E-state index in [1.165, 1.54) is 54.5 Å². The molecule has 2 aromatic heterocycles. The fourth-order valence-corrected chi connectivity index (χ4v) is 10.2. The van der Waals surface area contributed by atoms with E-state index in [2.05, 4.69) is 240 Å². The molecule has 2 heterocycles. The summed E-state index contributed by atoms with van der Waals surface area (Å²) in [5.41, 5.74) is 15.4. The van der Waals surface area contributed by atoms with Gasteiger partial charge in [0.05, 0.1) is 22.4 Å². The van der Waals surface area contributed by atoms with Crippen LogP contribution in [0.3, 0.4) is 0 Å². The van der Waals surface area contributed by atoms with Crippen molar-refractivity contribution in [1.29, 1.82) is 0 Å². The summed E-state index contributed by atoms with van der Waals surface area (Å²) in [5.74, 6) is 0. The minimum absolute atomic E-state index is 0.897. The first-order chi connectivity index (χ1) is 32.2. The molecule has 13 rings (SSSR count). The Hall–Kier alpha value is -8.66. The zero-order valence-corrected chi connectivity index (χ0v) is 35.4. The van der Waals surface area contributed by atoms with Gasteiger partial charge in [0, 0.05) is 49.4 Å². The van der Waals surface area contributed by atoms with Crippen LogP contribution in [-0.2, 0) is 0 Å². The summed E-state index contributed by atoms with van der Waals surface area (Å²) in [7, 11) is 0. The van der Waals surface area contributed by atoms with Crippen LogP contribution in [-0.4, -0.2) is 4.57 Å². The van der Waals surface area contributed by atoms with Crippen LogP contribution in [0, 0.1) is 0 Å². The topological polar surface area (TPSA) is 21.3 Å². The van der Waals surface area contributed by atoms with Gasteiger partial charge < -0.3 is 13.9 Å². The Kier molecular flexibility index (Phi) is 8.53. The van der Waals surface area contributed by atoms with Gasteiger partial charge in [-0.25, -0.2) is 0 Å². The minimum atomic E-state index is 0.897. The Labute approximate surface area is 376 Å². The van der Waals surface area contributed by atoms with Crippen molar-refractivity contribution in [1.82, 2.24) is 4.57 Å². The normalized spacial score (nSPS) is 11.7. The Bertz CT molecular complexity index is 3910. The average Bonchev–Trinajstić information content (AvgIpc) is 3.93. The third kappa shape index (κ3) is 6.05. The third-order valence-corrected chi connectivity index (χ3v) is 13.2. The lowest BCUT2D eigenvalue weighted by Crippen LogP contribution is -2.10. The molecule has 13 aromatic rings.